The Morgan fingerprint density at radius 3 is 2.85 bits per heavy atom. The van der Waals surface area contributed by atoms with Gasteiger partial charge in [-0.2, -0.15) is 0 Å². The van der Waals surface area contributed by atoms with Gasteiger partial charge in [0.2, 0.25) is 11.8 Å². The quantitative estimate of drug-likeness (QED) is 0.786. The van der Waals surface area contributed by atoms with Gasteiger partial charge in [0.1, 0.15) is 0 Å². The van der Waals surface area contributed by atoms with Gasteiger partial charge >= 0.3 is 0 Å². The molecule has 1 heterocycles. The Labute approximate surface area is 127 Å². The number of halogens is 1. The van der Waals surface area contributed by atoms with Crippen LogP contribution in [0.2, 0.25) is 0 Å². The van der Waals surface area contributed by atoms with Crippen molar-refractivity contribution in [3.63, 3.8) is 0 Å². The van der Waals surface area contributed by atoms with Crippen molar-refractivity contribution in [3.8, 4) is 11.5 Å². The molecule has 1 N–H and O–H groups in total. The summed E-state index contributed by atoms with van der Waals surface area (Å²) in [7, 11) is 4.01. The highest BCUT2D eigenvalue weighted by molar-refractivity contribution is 9.10. The van der Waals surface area contributed by atoms with Crippen LogP contribution in [0.1, 0.15) is 12.3 Å². The zero-order chi connectivity index (χ0) is 14.4. The zero-order valence-corrected chi connectivity index (χ0v) is 13.4. The second kappa shape index (κ2) is 7.52. The molecule has 0 unspecified atom stereocenters. The number of nitrogens with one attached hydrogen (secondary N) is 1. The van der Waals surface area contributed by atoms with E-state index in [1.165, 1.54) is 0 Å². The molecule has 0 aliphatic heterocycles. The first-order valence-electron chi connectivity index (χ1n) is 6.61. The number of hydrogen-bond acceptors (Lipinski definition) is 5. The number of rotatable bonds is 7. The van der Waals surface area contributed by atoms with Gasteiger partial charge in [-0.15, -0.1) is 10.2 Å². The van der Waals surface area contributed by atoms with Crippen LogP contribution in [-0.2, 0) is 6.54 Å². The van der Waals surface area contributed by atoms with Gasteiger partial charge in [-0.25, -0.2) is 0 Å². The van der Waals surface area contributed by atoms with Crippen molar-refractivity contribution in [2.24, 2.45) is 0 Å². The summed E-state index contributed by atoms with van der Waals surface area (Å²) in [4.78, 5) is 2.18. The van der Waals surface area contributed by atoms with Crippen molar-refractivity contribution >= 4 is 15.9 Å². The Kier molecular flexibility index (Phi) is 5.70. The molecule has 0 aliphatic carbocycles. The van der Waals surface area contributed by atoms with Crippen LogP contribution in [0, 0.1) is 0 Å². The van der Waals surface area contributed by atoms with E-state index < -0.39 is 0 Å². The molecule has 108 valence electrons. The molecule has 0 aliphatic rings. The van der Waals surface area contributed by atoms with Crippen molar-refractivity contribution in [2.45, 2.75) is 13.0 Å². The number of hydrogen-bond donors (Lipinski definition) is 1. The summed E-state index contributed by atoms with van der Waals surface area (Å²) in [5.41, 5.74) is 0.920. The molecule has 2 rings (SSSR count). The molecule has 20 heavy (non-hydrogen) atoms. The predicted octanol–water partition coefficient (Wildman–Crippen LogP) is 2.54. The molecule has 0 bridgehead atoms. The van der Waals surface area contributed by atoms with Gasteiger partial charge < -0.3 is 9.73 Å². The molecule has 0 spiro atoms. The first-order valence-corrected chi connectivity index (χ1v) is 7.40. The Morgan fingerprint density at radius 2 is 2.10 bits per heavy atom. The Bertz CT molecular complexity index is 543. The lowest BCUT2D eigenvalue weighted by Crippen LogP contribution is -2.22. The van der Waals surface area contributed by atoms with Crippen molar-refractivity contribution in [3.05, 3.63) is 34.6 Å². The van der Waals surface area contributed by atoms with E-state index in [2.05, 4.69) is 43.4 Å². The lowest BCUT2D eigenvalue weighted by Gasteiger charge is -2.13. The van der Waals surface area contributed by atoms with Gasteiger partial charge in [-0.05, 0) is 61.7 Å². The molecule has 0 amide bonds. The molecular weight excluding hydrogens is 320 g/mol. The summed E-state index contributed by atoms with van der Waals surface area (Å²) >= 11 is 3.49. The average Bonchev–Trinajstić information content (AvgIpc) is 2.88. The number of nitrogens with zero attached hydrogens (tertiary/aromatic N) is 3. The van der Waals surface area contributed by atoms with E-state index in [0.29, 0.717) is 18.3 Å². The van der Waals surface area contributed by atoms with Crippen LogP contribution in [0.15, 0.2) is 33.2 Å². The van der Waals surface area contributed by atoms with E-state index in [4.69, 9.17) is 4.42 Å². The highest BCUT2D eigenvalue weighted by Crippen LogP contribution is 2.26. The Balaban J connectivity index is 1.97. The summed E-state index contributed by atoms with van der Waals surface area (Å²) in [5, 5.41) is 11.4. The van der Waals surface area contributed by atoms with Crippen LogP contribution in [-0.4, -0.2) is 42.3 Å². The van der Waals surface area contributed by atoms with E-state index >= 15 is 0 Å². The van der Waals surface area contributed by atoms with Crippen molar-refractivity contribution in [2.75, 3.05) is 27.2 Å². The molecule has 6 heteroatoms. The normalized spacial score (nSPS) is 11.2. The third-order valence-electron chi connectivity index (χ3n) is 2.94. The number of benzene rings is 1. The maximum absolute atomic E-state index is 5.72. The molecule has 2 aromatic rings. The molecule has 0 saturated carbocycles. The molecule has 1 aromatic carbocycles. The van der Waals surface area contributed by atoms with Gasteiger partial charge in [0, 0.05) is 4.47 Å². The maximum Gasteiger partial charge on any atom is 0.248 e. The van der Waals surface area contributed by atoms with E-state index in [9.17, 15) is 0 Å². The SMILES string of the molecule is CNCCCN(C)Cc1nnc(-c2ccccc2Br)o1. The average molecular weight is 339 g/mol. The van der Waals surface area contributed by atoms with Crippen LogP contribution in [0.4, 0.5) is 0 Å². The van der Waals surface area contributed by atoms with E-state index in [0.717, 1.165) is 29.5 Å². The molecular formula is C14H19BrN4O. The Morgan fingerprint density at radius 1 is 1.30 bits per heavy atom. The zero-order valence-electron chi connectivity index (χ0n) is 11.8. The third kappa shape index (κ3) is 4.13. The highest BCUT2D eigenvalue weighted by Gasteiger charge is 2.12. The van der Waals surface area contributed by atoms with Gasteiger partial charge in [0.05, 0.1) is 12.1 Å². The molecule has 1 aromatic heterocycles. The van der Waals surface area contributed by atoms with E-state index in [1.807, 2.05) is 31.3 Å². The minimum atomic E-state index is 0.552. The van der Waals surface area contributed by atoms with Crippen molar-refractivity contribution in [1.82, 2.24) is 20.4 Å². The minimum absolute atomic E-state index is 0.552. The summed E-state index contributed by atoms with van der Waals surface area (Å²) in [6.45, 7) is 2.67. The fourth-order valence-electron chi connectivity index (χ4n) is 1.90. The highest BCUT2D eigenvalue weighted by atomic mass is 79.9. The third-order valence-corrected chi connectivity index (χ3v) is 3.63. The first kappa shape index (κ1) is 15.2. The maximum atomic E-state index is 5.72. The van der Waals surface area contributed by atoms with Gasteiger partial charge in [0.15, 0.2) is 0 Å². The second-order valence-electron chi connectivity index (χ2n) is 4.68. The van der Waals surface area contributed by atoms with Crippen LogP contribution in [0.5, 0.6) is 0 Å². The molecule has 0 atom stereocenters. The summed E-state index contributed by atoms with van der Waals surface area (Å²) in [5.74, 6) is 1.19. The molecule has 0 radical (unpaired) electrons. The molecule has 0 saturated heterocycles. The van der Waals surface area contributed by atoms with Gasteiger partial charge in [0.25, 0.3) is 0 Å². The predicted molar refractivity (Wildman–Crippen MR) is 82.3 cm³/mol. The smallest absolute Gasteiger partial charge is 0.248 e. The van der Waals surface area contributed by atoms with Crippen LogP contribution in [0.3, 0.4) is 0 Å². The fourth-order valence-corrected chi connectivity index (χ4v) is 2.35. The minimum Gasteiger partial charge on any atom is -0.419 e. The van der Waals surface area contributed by atoms with Crippen molar-refractivity contribution in [1.29, 1.82) is 0 Å². The van der Waals surface area contributed by atoms with Gasteiger partial charge in [-0.3, -0.25) is 4.90 Å². The van der Waals surface area contributed by atoms with E-state index in [-0.39, 0.29) is 0 Å². The van der Waals surface area contributed by atoms with Crippen LogP contribution >= 0.6 is 15.9 Å². The monoisotopic (exact) mass is 338 g/mol. The standard InChI is InChI=1S/C14H19BrN4O/c1-16-8-5-9-19(2)10-13-17-18-14(20-13)11-6-3-4-7-12(11)15/h3-4,6-7,16H,5,8-10H2,1-2H3. The lowest BCUT2D eigenvalue weighted by atomic mass is 10.2. The summed E-state index contributed by atoms with van der Waals surface area (Å²) in [6, 6.07) is 7.83. The van der Waals surface area contributed by atoms with E-state index in [1.54, 1.807) is 0 Å². The topological polar surface area (TPSA) is 54.2 Å². The largest absolute Gasteiger partial charge is 0.419 e. The van der Waals surface area contributed by atoms with Gasteiger partial charge in [-0.1, -0.05) is 12.1 Å². The molecule has 0 fully saturated rings. The second-order valence-corrected chi connectivity index (χ2v) is 5.53. The molecule has 5 nitrogen and oxygen atoms in total. The first-order chi connectivity index (χ1) is 9.70. The van der Waals surface area contributed by atoms with Crippen molar-refractivity contribution < 1.29 is 4.42 Å². The number of aromatic nitrogens is 2. The summed E-state index contributed by atoms with van der Waals surface area (Å²) < 4.78 is 6.67. The fraction of sp³-hybridized carbons (Fsp3) is 0.429. The van der Waals surface area contributed by atoms with Crippen LogP contribution in [0.25, 0.3) is 11.5 Å². The Hall–Kier alpha value is -1.24. The lowest BCUT2D eigenvalue weighted by molar-refractivity contribution is 0.286. The summed E-state index contributed by atoms with van der Waals surface area (Å²) in [6.07, 6.45) is 1.10. The van der Waals surface area contributed by atoms with Crippen LogP contribution < -0.4 is 5.32 Å².